The van der Waals surface area contributed by atoms with E-state index in [9.17, 15) is 9.69 Å². The summed E-state index contributed by atoms with van der Waals surface area (Å²) in [5.41, 5.74) is 1.78. The number of anilines is 2. The number of halogens is 2. The Hall–Kier alpha value is -1.40. The number of carbonyl (C=O) groups is 1. The lowest BCUT2D eigenvalue weighted by molar-refractivity contribution is -0.142. The quantitative estimate of drug-likeness (QED) is 0.381. The average Bonchev–Trinajstić information content (AvgIpc) is 3.02. The maximum atomic E-state index is 12.1. The predicted molar refractivity (Wildman–Crippen MR) is 123 cm³/mol. The van der Waals surface area contributed by atoms with Crippen LogP contribution in [0.1, 0.15) is 13.3 Å². The number of rotatable bonds is 6. The van der Waals surface area contributed by atoms with E-state index in [2.05, 4.69) is 38.4 Å². The molecule has 0 saturated carbocycles. The lowest BCUT2D eigenvalue weighted by Crippen LogP contribution is -2.26. The summed E-state index contributed by atoms with van der Waals surface area (Å²) < 4.78 is 11.0. The highest BCUT2D eigenvalue weighted by molar-refractivity contribution is 9.10. The first-order chi connectivity index (χ1) is 13.4. The Kier molecular flexibility index (Phi) is 6.81. The van der Waals surface area contributed by atoms with Gasteiger partial charge in [0, 0.05) is 38.7 Å². The molecule has 1 heterocycles. The van der Waals surface area contributed by atoms with E-state index in [-0.39, 0.29) is 12.4 Å². The molecule has 28 heavy (non-hydrogen) atoms. The van der Waals surface area contributed by atoms with Crippen LogP contribution in [0.4, 0.5) is 11.4 Å². The molecule has 1 N–H and O–H groups in total. The summed E-state index contributed by atoms with van der Waals surface area (Å²) in [6, 6.07) is 15.6. The van der Waals surface area contributed by atoms with Crippen molar-refractivity contribution in [3.05, 3.63) is 69.4 Å². The molecule has 1 fully saturated rings. The molecule has 8 heteroatoms. The molecule has 2 aromatic carbocycles. The van der Waals surface area contributed by atoms with Crippen molar-refractivity contribution in [2.75, 3.05) is 29.0 Å². The van der Waals surface area contributed by atoms with Crippen molar-refractivity contribution in [3.63, 3.8) is 0 Å². The smallest absolute Gasteiger partial charge is 0.310 e. The van der Waals surface area contributed by atoms with Gasteiger partial charge in [-0.25, -0.2) is 0 Å². The van der Waals surface area contributed by atoms with Gasteiger partial charge in [-0.1, -0.05) is 38.4 Å². The van der Waals surface area contributed by atoms with Gasteiger partial charge in [0.25, 0.3) is 0 Å². The van der Waals surface area contributed by atoms with Gasteiger partial charge in [0.2, 0.25) is 0 Å². The number of hydrogen-bond acceptors (Lipinski definition) is 5. The molecular formula is C20H22Br2N2O3P. The molecule has 0 amide bonds. The Morgan fingerprint density at radius 2 is 1.46 bits per heavy atom. The summed E-state index contributed by atoms with van der Waals surface area (Å²) in [5, 5.41) is 0.481. The number of carbonyl (C=O) groups excluding carboxylic acids is 1. The lowest BCUT2D eigenvalue weighted by Gasteiger charge is -2.43. The van der Waals surface area contributed by atoms with Gasteiger partial charge in [0.15, 0.2) is 7.79 Å². The first kappa shape index (κ1) is 21.3. The summed E-state index contributed by atoms with van der Waals surface area (Å²) >= 11 is 6.90. The van der Waals surface area contributed by atoms with Crippen molar-refractivity contribution in [2.24, 2.45) is 0 Å². The van der Waals surface area contributed by atoms with Crippen LogP contribution in [-0.2, 0) is 9.53 Å². The molecule has 1 aliphatic rings. The number of benzene rings is 2. The van der Waals surface area contributed by atoms with Gasteiger partial charge in [-0.05, 0) is 55.5 Å². The second kappa shape index (κ2) is 8.95. The van der Waals surface area contributed by atoms with Crippen LogP contribution in [0.3, 0.4) is 0 Å². The molecule has 149 valence electrons. The topological polar surface area (TPSA) is 53.0 Å². The Labute approximate surface area is 182 Å². The van der Waals surface area contributed by atoms with Crippen molar-refractivity contribution < 1.29 is 14.4 Å². The molecule has 0 atom stereocenters. The van der Waals surface area contributed by atoms with Crippen LogP contribution >= 0.6 is 39.7 Å². The van der Waals surface area contributed by atoms with E-state index >= 15 is 0 Å². The third-order valence-electron chi connectivity index (χ3n) is 4.52. The van der Waals surface area contributed by atoms with Crippen molar-refractivity contribution >= 4 is 57.0 Å². The zero-order valence-electron chi connectivity index (χ0n) is 15.5. The molecule has 1 radical (unpaired) electrons. The molecule has 3 rings (SSSR count). The van der Waals surface area contributed by atoms with E-state index in [1.54, 1.807) is 6.92 Å². The van der Waals surface area contributed by atoms with Crippen LogP contribution in [-0.4, -0.2) is 30.6 Å². The first-order valence-corrected chi connectivity index (χ1v) is 12.1. The molecule has 0 aromatic heterocycles. The van der Waals surface area contributed by atoms with Crippen LogP contribution in [0.2, 0.25) is 0 Å². The summed E-state index contributed by atoms with van der Waals surface area (Å²) in [6.45, 7) is 7.44. The van der Waals surface area contributed by atoms with Crippen molar-refractivity contribution in [1.29, 1.82) is 0 Å². The summed E-state index contributed by atoms with van der Waals surface area (Å²) in [7, 11) is -3.04. The van der Waals surface area contributed by atoms with Gasteiger partial charge in [-0.15, -0.1) is 0 Å². The summed E-state index contributed by atoms with van der Waals surface area (Å²) in [5.74, 6) is -0.376. The Bertz CT molecular complexity index is 805. The zero-order valence-corrected chi connectivity index (χ0v) is 19.6. The molecule has 0 spiro atoms. The highest BCUT2D eigenvalue weighted by atomic mass is 79.9. The molecule has 2 aromatic rings. The van der Waals surface area contributed by atoms with Gasteiger partial charge in [0.05, 0.1) is 13.0 Å². The van der Waals surface area contributed by atoms with Crippen molar-refractivity contribution in [2.45, 2.75) is 13.3 Å². The minimum atomic E-state index is -3.04. The molecular weight excluding hydrogens is 507 g/mol. The minimum Gasteiger partial charge on any atom is -0.466 e. The SMILES string of the molecule is C=C(CC(=O)OCC)[P]1(O)N(c2ccc(Br)cc2)CCN1c1ccc(Br)cc1. The molecule has 0 bridgehead atoms. The van der Waals surface area contributed by atoms with Crippen LogP contribution in [0, 0.1) is 0 Å². The standard InChI is InChI=1S/C20H22Br2N2O3P/c1-3-27-20(25)14-15(2)28(26)23(18-8-4-16(21)5-9-18)12-13-24(28)19-10-6-17(22)7-11-19/h4-11,26H,2-3,12-14H2,1H3. The van der Waals surface area contributed by atoms with E-state index in [0.29, 0.717) is 25.0 Å². The molecule has 1 aliphatic heterocycles. The number of nitrogens with zero attached hydrogens (tertiary/aromatic N) is 2. The fourth-order valence-corrected chi connectivity index (χ4v) is 6.69. The van der Waals surface area contributed by atoms with E-state index in [4.69, 9.17) is 4.74 Å². The third-order valence-corrected chi connectivity index (χ3v) is 8.80. The van der Waals surface area contributed by atoms with Gasteiger partial charge < -0.3 is 19.0 Å². The predicted octanol–water partition coefficient (Wildman–Crippen LogP) is 5.76. The number of hydrogen-bond donors (Lipinski definition) is 1. The maximum absolute atomic E-state index is 12.1. The fraction of sp³-hybridized carbons (Fsp3) is 0.250. The van der Waals surface area contributed by atoms with E-state index < -0.39 is 7.79 Å². The van der Waals surface area contributed by atoms with Gasteiger partial charge >= 0.3 is 5.97 Å². The summed E-state index contributed by atoms with van der Waals surface area (Å²) in [4.78, 5) is 24.1. The molecule has 1 saturated heterocycles. The second-order valence-electron chi connectivity index (χ2n) is 6.32. The van der Waals surface area contributed by atoms with Crippen LogP contribution in [0.5, 0.6) is 0 Å². The Balaban J connectivity index is 2.00. The largest absolute Gasteiger partial charge is 0.466 e. The monoisotopic (exact) mass is 527 g/mol. The van der Waals surface area contributed by atoms with E-state index in [1.807, 2.05) is 57.9 Å². The highest BCUT2D eigenvalue weighted by Crippen LogP contribution is 2.72. The minimum absolute atomic E-state index is 0.0157. The third kappa shape index (κ3) is 4.28. The molecule has 0 unspecified atom stereocenters. The van der Waals surface area contributed by atoms with E-state index in [0.717, 1.165) is 20.3 Å². The highest BCUT2D eigenvalue weighted by Gasteiger charge is 2.47. The van der Waals surface area contributed by atoms with E-state index in [1.165, 1.54) is 0 Å². The first-order valence-electron chi connectivity index (χ1n) is 8.89. The molecule has 5 nitrogen and oxygen atoms in total. The van der Waals surface area contributed by atoms with Crippen LogP contribution < -0.4 is 9.34 Å². The normalized spacial score (nSPS) is 15.6. The fourth-order valence-electron chi connectivity index (χ4n) is 3.23. The zero-order chi connectivity index (χ0) is 20.3. The average molecular weight is 529 g/mol. The Morgan fingerprint density at radius 3 is 1.86 bits per heavy atom. The van der Waals surface area contributed by atoms with Crippen LogP contribution in [0.25, 0.3) is 0 Å². The lowest BCUT2D eigenvalue weighted by atomic mass is 10.3. The van der Waals surface area contributed by atoms with Gasteiger partial charge in [0.1, 0.15) is 0 Å². The number of esters is 1. The summed E-state index contributed by atoms with van der Waals surface area (Å²) in [6.07, 6.45) is -0.0157. The maximum Gasteiger partial charge on any atom is 0.310 e. The molecule has 0 aliphatic carbocycles. The number of ether oxygens (including phenoxy) is 1. The Morgan fingerprint density at radius 1 is 1.04 bits per heavy atom. The van der Waals surface area contributed by atoms with Gasteiger partial charge in [-0.3, -0.25) is 4.79 Å². The van der Waals surface area contributed by atoms with Gasteiger partial charge in [-0.2, -0.15) is 0 Å². The van der Waals surface area contributed by atoms with Crippen molar-refractivity contribution in [1.82, 2.24) is 0 Å². The second-order valence-corrected chi connectivity index (χ2v) is 10.9. The van der Waals surface area contributed by atoms with Crippen LogP contribution in [0.15, 0.2) is 69.4 Å². The van der Waals surface area contributed by atoms with Crippen molar-refractivity contribution in [3.8, 4) is 0 Å².